The second kappa shape index (κ2) is 6.31. The van der Waals surface area contributed by atoms with Crippen molar-refractivity contribution in [2.75, 3.05) is 0 Å². The van der Waals surface area contributed by atoms with Gasteiger partial charge >= 0.3 is 0 Å². The smallest absolute Gasteiger partial charge is 0.251 e. The fourth-order valence-corrected chi connectivity index (χ4v) is 2.79. The molecule has 2 heterocycles. The zero-order valence-corrected chi connectivity index (χ0v) is 13.3. The van der Waals surface area contributed by atoms with Crippen LogP contribution in [0.15, 0.2) is 53.5 Å². The number of benzene rings is 1. The zero-order chi connectivity index (χ0) is 16.4. The number of rotatable bonds is 4. The number of fused-ring (bicyclic) bond motifs is 1. The quantitative estimate of drug-likeness (QED) is 0.705. The third-order valence-electron chi connectivity index (χ3n) is 3.69. The van der Waals surface area contributed by atoms with E-state index in [2.05, 4.69) is 9.71 Å². The monoisotopic (exact) mass is 329 g/mol. The first kappa shape index (κ1) is 15.4. The molecule has 0 radical (unpaired) electrons. The molecule has 118 valence electrons. The number of thiol groups is 1. The molecule has 1 N–H and O–H groups in total. The molecule has 3 rings (SSSR count). The molecule has 0 aliphatic carbocycles. The maximum absolute atomic E-state index is 11.7. The van der Waals surface area contributed by atoms with E-state index in [1.54, 1.807) is 19.3 Å². The Labute approximate surface area is 134 Å². The molecular weight excluding hydrogens is 314 g/mol. The van der Waals surface area contributed by atoms with Crippen LogP contribution in [0.2, 0.25) is 0 Å². The van der Waals surface area contributed by atoms with E-state index < -0.39 is 10.9 Å². The minimum absolute atomic E-state index is 0.102. The van der Waals surface area contributed by atoms with Crippen LogP contribution in [0.3, 0.4) is 0 Å². The van der Waals surface area contributed by atoms with Crippen molar-refractivity contribution in [3.63, 3.8) is 0 Å². The summed E-state index contributed by atoms with van der Waals surface area (Å²) in [5.41, 5.74) is 3.35. The standard InChI is InChI=1S/C16H15N3O3S/c1-19-15(20)7-6-14-13(8-9-17-16(14)19)12-4-2-11(3-5-12)10-18-23(21)22/h2-9,23H,10H2,1H3,(H,18,21,22). The molecule has 6 nitrogen and oxygen atoms in total. The van der Waals surface area contributed by atoms with Gasteiger partial charge < -0.3 is 0 Å². The highest BCUT2D eigenvalue weighted by Gasteiger charge is 2.07. The van der Waals surface area contributed by atoms with E-state index in [4.69, 9.17) is 0 Å². The second-order valence-corrected chi connectivity index (χ2v) is 5.95. The molecule has 0 atom stereocenters. The van der Waals surface area contributed by atoms with Gasteiger partial charge in [0, 0.05) is 31.2 Å². The topological polar surface area (TPSA) is 81.1 Å². The van der Waals surface area contributed by atoms with Gasteiger partial charge in [0.15, 0.2) is 0 Å². The Morgan fingerprint density at radius 2 is 1.83 bits per heavy atom. The molecule has 0 amide bonds. The molecule has 0 fully saturated rings. The molecule has 0 aliphatic heterocycles. The van der Waals surface area contributed by atoms with Crippen LogP contribution in [-0.2, 0) is 24.5 Å². The van der Waals surface area contributed by atoms with E-state index in [1.165, 1.54) is 10.6 Å². The van der Waals surface area contributed by atoms with Crippen molar-refractivity contribution in [2.24, 2.45) is 7.05 Å². The van der Waals surface area contributed by atoms with Crippen molar-refractivity contribution in [3.8, 4) is 11.1 Å². The van der Waals surface area contributed by atoms with Gasteiger partial charge in [0.1, 0.15) is 5.65 Å². The zero-order valence-electron chi connectivity index (χ0n) is 12.4. The highest BCUT2D eigenvalue weighted by molar-refractivity contribution is 7.70. The van der Waals surface area contributed by atoms with Crippen LogP contribution in [0.5, 0.6) is 0 Å². The van der Waals surface area contributed by atoms with Crippen molar-refractivity contribution in [2.45, 2.75) is 6.54 Å². The summed E-state index contributed by atoms with van der Waals surface area (Å²) in [6, 6.07) is 12.8. The number of pyridine rings is 2. The van der Waals surface area contributed by atoms with Gasteiger partial charge in [0.2, 0.25) is 10.9 Å². The summed E-state index contributed by atoms with van der Waals surface area (Å²) in [6.45, 7) is 0.268. The molecule has 0 bridgehead atoms. The van der Waals surface area contributed by atoms with E-state index >= 15 is 0 Å². The fraction of sp³-hybridized carbons (Fsp3) is 0.125. The van der Waals surface area contributed by atoms with Crippen molar-refractivity contribution < 1.29 is 8.42 Å². The van der Waals surface area contributed by atoms with Gasteiger partial charge in [-0.05, 0) is 28.8 Å². The molecule has 2 aromatic heterocycles. The Hall–Kier alpha value is -2.51. The average molecular weight is 329 g/mol. The predicted molar refractivity (Wildman–Crippen MR) is 89.6 cm³/mol. The van der Waals surface area contributed by atoms with Crippen LogP contribution in [0.25, 0.3) is 22.2 Å². The Bertz CT molecular complexity index is 984. The third-order valence-corrected chi connectivity index (χ3v) is 4.10. The summed E-state index contributed by atoms with van der Waals surface area (Å²) in [5.74, 6) is 0. The number of aryl methyl sites for hydroxylation is 1. The van der Waals surface area contributed by atoms with Gasteiger partial charge in [-0.3, -0.25) is 9.36 Å². The molecule has 7 heteroatoms. The third kappa shape index (κ3) is 3.15. The minimum Gasteiger partial charge on any atom is -0.296 e. The maximum atomic E-state index is 11.7. The molecule has 1 aromatic carbocycles. The Balaban J connectivity index is 2.03. The van der Waals surface area contributed by atoms with E-state index in [-0.39, 0.29) is 12.1 Å². The Morgan fingerprint density at radius 1 is 1.09 bits per heavy atom. The lowest BCUT2D eigenvalue weighted by Crippen LogP contribution is -2.16. The summed E-state index contributed by atoms with van der Waals surface area (Å²) in [7, 11) is -0.902. The van der Waals surface area contributed by atoms with Gasteiger partial charge in [-0.2, -0.15) is 0 Å². The molecule has 3 aromatic rings. The molecule has 0 aliphatic rings. The molecule has 0 unspecified atom stereocenters. The SMILES string of the molecule is Cn1c(=O)ccc2c(-c3ccc(CN[SH](=O)=O)cc3)ccnc21. The predicted octanol–water partition coefficient (Wildman–Crippen LogP) is 1.22. The summed E-state index contributed by atoms with van der Waals surface area (Å²) < 4.78 is 25.0. The van der Waals surface area contributed by atoms with Crippen molar-refractivity contribution in [3.05, 3.63) is 64.6 Å². The number of hydrogen-bond acceptors (Lipinski definition) is 4. The fourth-order valence-electron chi connectivity index (χ4n) is 2.47. The highest BCUT2D eigenvalue weighted by atomic mass is 32.2. The first-order chi connectivity index (χ1) is 11.1. The van der Waals surface area contributed by atoms with Gasteiger partial charge in [-0.25, -0.2) is 18.1 Å². The summed E-state index contributed by atoms with van der Waals surface area (Å²) in [5, 5.41) is 0.892. The van der Waals surface area contributed by atoms with Crippen molar-refractivity contribution in [1.29, 1.82) is 0 Å². The lowest BCUT2D eigenvalue weighted by Gasteiger charge is -2.09. The first-order valence-corrected chi connectivity index (χ1v) is 8.16. The van der Waals surface area contributed by atoms with E-state index in [0.717, 1.165) is 22.1 Å². The van der Waals surface area contributed by atoms with Gasteiger partial charge in [-0.15, -0.1) is 0 Å². The van der Waals surface area contributed by atoms with Crippen LogP contribution in [-0.4, -0.2) is 18.0 Å². The normalized spacial score (nSPS) is 11.2. The van der Waals surface area contributed by atoms with E-state index in [1.807, 2.05) is 30.3 Å². The number of aromatic nitrogens is 2. The maximum Gasteiger partial charge on any atom is 0.251 e. The van der Waals surface area contributed by atoms with E-state index in [0.29, 0.717) is 5.65 Å². The van der Waals surface area contributed by atoms with E-state index in [9.17, 15) is 13.2 Å². The number of hydrogen-bond donors (Lipinski definition) is 2. The minimum atomic E-state index is -2.60. The molecule has 0 spiro atoms. The average Bonchev–Trinajstić information content (AvgIpc) is 2.56. The van der Waals surface area contributed by atoms with Crippen LogP contribution >= 0.6 is 0 Å². The lowest BCUT2D eigenvalue weighted by atomic mass is 10.0. The van der Waals surface area contributed by atoms with Gasteiger partial charge in [0.25, 0.3) is 5.56 Å². The molecule has 0 saturated carbocycles. The van der Waals surface area contributed by atoms with Crippen LogP contribution in [0, 0.1) is 0 Å². The van der Waals surface area contributed by atoms with Crippen LogP contribution in [0.4, 0.5) is 0 Å². The van der Waals surface area contributed by atoms with Crippen molar-refractivity contribution >= 4 is 21.9 Å². The van der Waals surface area contributed by atoms with Crippen LogP contribution < -0.4 is 10.3 Å². The molecular formula is C16H15N3O3S. The van der Waals surface area contributed by atoms with Crippen molar-refractivity contribution in [1.82, 2.24) is 14.3 Å². The van der Waals surface area contributed by atoms with Gasteiger partial charge in [-0.1, -0.05) is 24.3 Å². The Kier molecular flexibility index (Phi) is 4.22. The lowest BCUT2D eigenvalue weighted by molar-refractivity contribution is 0.601. The number of nitrogens with zero attached hydrogens (tertiary/aromatic N) is 2. The summed E-state index contributed by atoms with van der Waals surface area (Å²) in [4.78, 5) is 16.0. The molecule has 0 saturated heterocycles. The molecule has 23 heavy (non-hydrogen) atoms. The first-order valence-electron chi connectivity index (χ1n) is 6.98. The largest absolute Gasteiger partial charge is 0.296 e. The summed E-state index contributed by atoms with van der Waals surface area (Å²) in [6.07, 6.45) is 1.68. The summed E-state index contributed by atoms with van der Waals surface area (Å²) >= 11 is 0. The Morgan fingerprint density at radius 3 is 2.52 bits per heavy atom. The highest BCUT2D eigenvalue weighted by Crippen LogP contribution is 2.26. The van der Waals surface area contributed by atoms with Gasteiger partial charge in [0.05, 0.1) is 0 Å². The van der Waals surface area contributed by atoms with Crippen LogP contribution in [0.1, 0.15) is 5.56 Å². The second-order valence-electron chi connectivity index (χ2n) is 5.12. The number of nitrogens with one attached hydrogen (secondary N) is 1.